The molecule has 2 atom stereocenters. The zero-order valence-corrected chi connectivity index (χ0v) is 9.75. The maximum absolute atomic E-state index is 11.4. The lowest BCUT2D eigenvalue weighted by atomic mass is 10.0. The molecule has 0 aromatic carbocycles. The minimum absolute atomic E-state index is 0.0518. The molecule has 0 radical (unpaired) electrons. The second-order valence-corrected chi connectivity index (χ2v) is 4.31. The molecular weight excluding hydrogens is 194 g/mol. The first-order chi connectivity index (χ1) is 6.95. The summed E-state index contributed by atoms with van der Waals surface area (Å²) >= 11 is 0. The van der Waals surface area contributed by atoms with Crippen molar-refractivity contribution in [2.75, 3.05) is 13.2 Å². The van der Waals surface area contributed by atoms with Gasteiger partial charge in [-0.05, 0) is 18.8 Å². The van der Waals surface area contributed by atoms with Crippen LogP contribution >= 0.6 is 0 Å². The summed E-state index contributed by atoms with van der Waals surface area (Å²) in [6, 6.07) is 0. The van der Waals surface area contributed by atoms with E-state index in [0.29, 0.717) is 19.4 Å². The molecule has 0 bridgehead atoms. The maximum atomic E-state index is 11.4. The molecule has 4 heteroatoms. The lowest BCUT2D eigenvalue weighted by Crippen LogP contribution is -2.30. The van der Waals surface area contributed by atoms with E-state index in [9.17, 15) is 9.59 Å². The zero-order chi connectivity index (χ0) is 11.8. The highest BCUT2D eigenvalue weighted by Gasteiger charge is 2.11. The summed E-state index contributed by atoms with van der Waals surface area (Å²) in [5.41, 5.74) is 0. The van der Waals surface area contributed by atoms with Crippen molar-refractivity contribution in [1.82, 2.24) is 5.32 Å². The van der Waals surface area contributed by atoms with E-state index in [1.54, 1.807) is 0 Å². The van der Waals surface area contributed by atoms with E-state index < -0.39 is 0 Å². The lowest BCUT2D eigenvalue weighted by molar-refractivity contribution is -0.122. The number of aliphatic hydroxyl groups is 1. The third kappa shape index (κ3) is 8.12. The Morgan fingerprint density at radius 2 is 1.80 bits per heavy atom. The Hall–Kier alpha value is -0.900. The lowest BCUT2D eigenvalue weighted by Gasteiger charge is -2.12. The first-order valence-corrected chi connectivity index (χ1v) is 5.32. The van der Waals surface area contributed by atoms with Gasteiger partial charge in [0.15, 0.2) is 0 Å². The fourth-order valence-corrected chi connectivity index (χ4v) is 1.30. The Labute approximate surface area is 91.1 Å². The highest BCUT2D eigenvalue weighted by atomic mass is 16.3. The average molecular weight is 215 g/mol. The van der Waals surface area contributed by atoms with Crippen LogP contribution in [0.4, 0.5) is 0 Å². The molecule has 0 aliphatic carbocycles. The predicted octanol–water partition coefficient (Wildman–Crippen LogP) is 0.736. The molecule has 0 aromatic rings. The minimum atomic E-state index is -0.0518. The Morgan fingerprint density at radius 1 is 1.20 bits per heavy atom. The van der Waals surface area contributed by atoms with Crippen LogP contribution in [0.2, 0.25) is 0 Å². The predicted molar refractivity (Wildman–Crippen MR) is 58.3 cm³/mol. The first kappa shape index (κ1) is 14.1. The minimum Gasteiger partial charge on any atom is -0.396 e. The molecule has 2 unspecified atom stereocenters. The summed E-state index contributed by atoms with van der Waals surface area (Å²) < 4.78 is 0. The normalized spacial score (nSPS) is 14.4. The molecule has 0 saturated heterocycles. The Bertz CT molecular complexity index is 216. The monoisotopic (exact) mass is 215 g/mol. The van der Waals surface area contributed by atoms with Gasteiger partial charge in [-0.25, -0.2) is 0 Å². The van der Waals surface area contributed by atoms with Crippen molar-refractivity contribution >= 4 is 11.7 Å². The van der Waals surface area contributed by atoms with Crippen molar-refractivity contribution < 1.29 is 14.7 Å². The SMILES string of the molecule is CC(=O)CC(C)CC(=O)NCC(C)CO. The number of nitrogens with one attached hydrogen (secondary N) is 1. The summed E-state index contributed by atoms with van der Waals surface area (Å²) in [6.45, 7) is 5.84. The molecule has 15 heavy (non-hydrogen) atoms. The van der Waals surface area contributed by atoms with E-state index in [4.69, 9.17) is 5.11 Å². The Balaban J connectivity index is 3.69. The summed E-state index contributed by atoms with van der Waals surface area (Å²) in [7, 11) is 0. The van der Waals surface area contributed by atoms with Gasteiger partial charge in [0.25, 0.3) is 0 Å². The van der Waals surface area contributed by atoms with E-state index in [0.717, 1.165) is 0 Å². The van der Waals surface area contributed by atoms with Crippen LogP contribution in [-0.2, 0) is 9.59 Å². The van der Waals surface area contributed by atoms with Gasteiger partial charge in [0.05, 0.1) is 0 Å². The molecule has 2 N–H and O–H groups in total. The van der Waals surface area contributed by atoms with Crippen molar-refractivity contribution in [3.05, 3.63) is 0 Å². The molecule has 88 valence electrons. The van der Waals surface area contributed by atoms with Gasteiger partial charge in [0, 0.05) is 26.0 Å². The van der Waals surface area contributed by atoms with Gasteiger partial charge in [0.2, 0.25) is 5.91 Å². The number of ketones is 1. The quantitative estimate of drug-likeness (QED) is 0.658. The molecule has 0 spiro atoms. The second kappa shape index (κ2) is 7.40. The summed E-state index contributed by atoms with van der Waals surface area (Å²) in [5.74, 6) is 0.229. The highest BCUT2D eigenvalue weighted by molar-refractivity contribution is 5.79. The van der Waals surface area contributed by atoms with Gasteiger partial charge in [-0.2, -0.15) is 0 Å². The van der Waals surface area contributed by atoms with Crippen LogP contribution in [0, 0.1) is 11.8 Å². The van der Waals surface area contributed by atoms with Crippen LogP contribution in [0.5, 0.6) is 0 Å². The smallest absolute Gasteiger partial charge is 0.220 e. The van der Waals surface area contributed by atoms with E-state index in [2.05, 4.69) is 5.32 Å². The van der Waals surface area contributed by atoms with E-state index in [1.165, 1.54) is 6.92 Å². The van der Waals surface area contributed by atoms with E-state index >= 15 is 0 Å². The maximum Gasteiger partial charge on any atom is 0.220 e. The molecule has 4 nitrogen and oxygen atoms in total. The first-order valence-electron chi connectivity index (χ1n) is 5.32. The van der Waals surface area contributed by atoms with Gasteiger partial charge in [-0.1, -0.05) is 13.8 Å². The third-order valence-electron chi connectivity index (χ3n) is 2.13. The standard InChI is InChI=1S/C11H21NO3/c1-8(4-10(3)14)5-11(15)12-6-9(2)7-13/h8-9,13H,4-7H2,1-3H3,(H,12,15). The van der Waals surface area contributed by atoms with Gasteiger partial charge >= 0.3 is 0 Å². The van der Waals surface area contributed by atoms with Crippen molar-refractivity contribution in [3.63, 3.8) is 0 Å². The fraction of sp³-hybridized carbons (Fsp3) is 0.818. The van der Waals surface area contributed by atoms with E-state index in [1.807, 2.05) is 13.8 Å². The van der Waals surface area contributed by atoms with Crippen molar-refractivity contribution in [2.45, 2.75) is 33.6 Å². The van der Waals surface area contributed by atoms with Crippen molar-refractivity contribution in [2.24, 2.45) is 11.8 Å². The molecule has 0 aliphatic rings. The average Bonchev–Trinajstić information content (AvgIpc) is 2.12. The number of Topliss-reactive ketones (excluding diaryl/α,β-unsaturated/α-hetero) is 1. The topological polar surface area (TPSA) is 66.4 Å². The second-order valence-electron chi connectivity index (χ2n) is 4.31. The molecule has 0 fully saturated rings. The number of carbonyl (C=O) groups excluding carboxylic acids is 2. The Morgan fingerprint density at radius 3 is 2.27 bits per heavy atom. The zero-order valence-electron chi connectivity index (χ0n) is 9.75. The molecule has 1 amide bonds. The molecule has 0 heterocycles. The number of carbonyl (C=O) groups is 2. The van der Waals surface area contributed by atoms with Gasteiger partial charge in [-0.3, -0.25) is 4.79 Å². The fourth-order valence-electron chi connectivity index (χ4n) is 1.30. The van der Waals surface area contributed by atoms with Gasteiger partial charge < -0.3 is 15.2 Å². The van der Waals surface area contributed by atoms with Gasteiger partial charge in [-0.15, -0.1) is 0 Å². The van der Waals surface area contributed by atoms with Crippen LogP contribution in [0.25, 0.3) is 0 Å². The van der Waals surface area contributed by atoms with Gasteiger partial charge in [0.1, 0.15) is 5.78 Å². The van der Waals surface area contributed by atoms with Crippen LogP contribution in [-0.4, -0.2) is 29.9 Å². The summed E-state index contributed by atoms with van der Waals surface area (Å²) in [5, 5.41) is 11.5. The third-order valence-corrected chi connectivity index (χ3v) is 2.13. The molecule has 0 saturated carbocycles. The largest absolute Gasteiger partial charge is 0.396 e. The highest BCUT2D eigenvalue weighted by Crippen LogP contribution is 2.07. The number of hydrogen-bond donors (Lipinski definition) is 2. The molecule has 0 rings (SSSR count). The van der Waals surface area contributed by atoms with Crippen LogP contribution < -0.4 is 5.32 Å². The van der Waals surface area contributed by atoms with Crippen LogP contribution in [0.1, 0.15) is 33.6 Å². The number of hydrogen-bond acceptors (Lipinski definition) is 3. The molecular formula is C11H21NO3. The Kier molecular flexibility index (Phi) is 6.96. The van der Waals surface area contributed by atoms with Crippen molar-refractivity contribution in [3.8, 4) is 0 Å². The summed E-state index contributed by atoms with van der Waals surface area (Å²) in [6.07, 6.45) is 0.820. The van der Waals surface area contributed by atoms with E-state index in [-0.39, 0.29) is 30.1 Å². The van der Waals surface area contributed by atoms with Crippen LogP contribution in [0.15, 0.2) is 0 Å². The number of aliphatic hydroxyl groups excluding tert-OH is 1. The number of rotatable bonds is 7. The number of amides is 1. The summed E-state index contributed by atoms with van der Waals surface area (Å²) in [4.78, 5) is 22.1. The molecule has 0 aliphatic heterocycles. The molecule has 0 aromatic heterocycles. The van der Waals surface area contributed by atoms with Crippen LogP contribution in [0.3, 0.4) is 0 Å². The van der Waals surface area contributed by atoms with Crippen molar-refractivity contribution in [1.29, 1.82) is 0 Å².